The van der Waals surface area contributed by atoms with Crippen LogP contribution in [0.3, 0.4) is 0 Å². The minimum absolute atomic E-state index is 0.0210. The summed E-state index contributed by atoms with van der Waals surface area (Å²) < 4.78 is 26.1. The monoisotopic (exact) mass is 600 g/mol. The van der Waals surface area contributed by atoms with E-state index in [4.69, 9.17) is 16.5 Å². The average molecular weight is 601 g/mol. The van der Waals surface area contributed by atoms with Crippen LogP contribution in [0, 0.1) is 5.41 Å². The highest BCUT2D eigenvalue weighted by molar-refractivity contribution is 6.88. The summed E-state index contributed by atoms with van der Waals surface area (Å²) in [5.74, 6) is 0. The lowest BCUT2D eigenvalue weighted by Gasteiger charge is -2.39. The van der Waals surface area contributed by atoms with E-state index >= 15 is 0 Å². The second-order valence-corrected chi connectivity index (χ2v) is 39.8. The number of aliphatic hydroxyl groups excluding tert-OH is 2. The van der Waals surface area contributed by atoms with Gasteiger partial charge in [-0.2, -0.15) is 0 Å². The Morgan fingerprint density at radius 1 is 0.486 bits per heavy atom. The molecule has 0 atom stereocenters. The van der Waals surface area contributed by atoms with Gasteiger partial charge in [0.25, 0.3) is 0 Å². The minimum atomic E-state index is -2.15. The lowest BCUT2D eigenvalue weighted by atomic mass is 9.81. The number of hydrogen-bond donors (Lipinski definition) is 2. The Morgan fingerprint density at radius 3 is 1.00 bits per heavy atom. The Kier molecular flexibility index (Phi) is 13.8. The molecule has 0 saturated carbocycles. The summed E-state index contributed by atoms with van der Waals surface area (Å²) in [6, 6.07) is 2.02. The predicted molar refractivity (Wildman–Crippen MR) is 166 cm³/mol. The Bertz CT molecular complexity index is 575. The van der Waals surface area contributed by atoms with Crippen molar-refractivity contribution in [2.75, 3.05) is 13.2 Å². The molecule has 2 N–H and O–H groups in total. The zero-order valence-electron chi connectivity index (χ0n) is 25.7. The van der Waals surface area contributed by atoms with Gasteiger partial charge in [0.2, 0.25) is 0 Å². The van der Waals surface area contributed by atoms with Gasteiger partial charge in [-0.15, -0.1) is 0 Å². The third-order valence-corrected chi connectivity index (χ3v) is 26.1. The lowest BCUT2D eigenvalue weighted by Crippen LogP contribution is -2.51. The van der Waals surface area contributed by atoms with E-state index in [1.165, 1.54) is 0 Å². The van der Waals surface area contributed by atoms with Crippen molar-refractivity contribution in [3.63, 3.8) is 0 Å². The Morgan fingerprint density at radius 2 is 0.771 bits per heavy atom. The molecule has 0 amide bonds. The van der Waals surface area contributed by atoms with Crippen molar-refractivity contribution in [1.82, 2.24) is 0 Å². The summed E-state index contributed by atoms with van der Waals surface area (Å²) in [6.45, 7) is 31.1. The molecule has 6 nitrogen and oxygen atoms in total. The summed E-state index contributed by atoms with van der Waals surface area (Å²) in [6.07, 6.45) is 3.55. The van der Waals surface area contributed by atoms with Crippen LogP contribution in [0.25, 0.3) is 0 Å². The van der Waals surface area contributed by atoms with Crippen molar-refractivity contribution >= 4 is 50.4 Å². The summed E-state index contributed by atoms with van der Waals surface area (Å²) in [4.78, 5) is 0. The topological polar surface area (TPSA) is 77.4 Å². The SMILES string of the molecule is C[Si](C)(C)O[Si](C)(C)O[Si](C)(C)CCCC(CO)(CO)CCC[Si](C)(C)O[Si](C)(C)O[Si](C)(C)C. The maximum atomic E-state index is 10.2. The normalized spacial score (nSPS) is 15.1. The van der Waals surface area contributed by atoms with Crippen LogP contribution in [-0.2, 0) is 16.5 Å². The molecule has 0 bridgehead atoms. The maximum Gasteiger partial charge on any atom is 0.311 e. The fourth-order valence-electron chi connectivity index (χ4n) is 5.22. The maximum absolute atomic E-state index is 10.2. The molecular formula is C23H60O6Si6. The van der Waals surface area contributed by atoms with Crippen molar-refractivity contribution in [2.45, 2.75) is 129 Å². The molecule has 0 fully saturated rings. The summed E-state index contributed by atoms with van der Waals surface area (Å²) in [7, 11) is -11.4. The average Bonchev–Trinajstić information content (AvgIpc) is 2.53. The van der Waals surface area contributed by atoms with Crippen molar-refractivity contribution in [2.24, 2.45) is 5.41 Å². The first-order valence-electron chi connectivity index (χ1n) is 13.4. The third kappa shape index (κ3) is 17.3. The smallest absolute Gasteiger partial charge is 0.311 e. The first kappa shape index (κ1) is 36.1. The first-order valence-corrected chi connectivity index (χ1v) is 32.1. The van der Waals surface area contributed by atoms with Crippen molar-refractivity contribution in [3.8, 4) is 0 Å². The van der Waals surface area contributed by atoms with Gasteiger partial charge in [-0.3, -0.25) is 0 Å². The molecule has 0 saturated heterocycles. The van der Waals surface area contributed by atoms with Crippen LogP contribution in [0.1, 0.15) is 25.7 Å². The predicted octanol–water partition coefficient (Wildman–Crippen LogP) is 7.07. The molecule has 0 rings (SSSR count). The van der Waals surface area contributed by atoms with Gasteiger partial charge in [-0.25, -0.2) is 0 Å². The molecule has 0 aliphatic carbocycles. The Balaban J connectivity index is 4.91. The molecule has 0 unspecified atom stereocenters. The van der Waals surface area contributed by atoms with E-state index < -0.39 is 55.8 Å². The van der Waals surface area contributed by atoms with Crippen LogP contribution in [-0.4, -0.2) is 73.8 Å². The van der Waals surface area contributed by atoms with E-state index in [2.05, 4.69) is 91.7 Å². The Hall–Kier alpha value is 1.06. The van der Waals surface area contributed by atoms with Gasteiger partial charge in [0, 0.05) is 5.41 Å². The van der Waals surface area contributed by atoms with Crippen LogP contribution in [0.5, 0.6) is 0 Å². The first-order chi connectivity index (χ1) is 15.4. The van der Waals surface area contributed by atoms with Crippen molar-refractivity contribution < 1.29 is 26.7 Å². The third-order valence-electron chi connectivity index (χ3n) is 5.79. The summed E-state index contributed by atoms with van der Waals surface area (Å²) in [5.41, 5.74) is -0.432. The molecule has 0 aromatic carbocycles. The highest BCUT2D eigenvalue weighted by Gasteiger charge is 2.40. The Labute approximate surface area is 224 Å². The zero-order valence-corrected chi connectivity index (χ0v) is 31.7. The van der Waals surface area contributed by atoms with Crippen LogP contribution in [0.4, 0.5) is 0 Å². The largest absolute Gasteiger partial charge is 0.437 e. The van der Waals surface area contributed by atoms with Crippen LogP contribution in [0.2, 0.25) is 104 Å². The number of hydrogen-bond acceptors (Lipinski definition) is 6. The van der Waals surface area contributed by atoms with Gasteiger partial charge >= 0.3 is 17.1 Å². The molecule has 0 heterocycles. The summed E-state index contributed by atoms with van der Waals surface area (Å²) in [5, 5.41) is 20.5. The minimum Gasteiger partial charge on any atom is -0.437 e. The second-order valence-electron chi connectivity index (χ2n) is 14.5. The van der Waals surface area contributed by atoms with E-state index in [-0.39, 0.29) is 13.2 Å². The highest BCUT2D eigenvalue weighted by Crippen LogP contribution is 2.34. The van der Waals surface area contributed by atoms with Crippen LogP contribution in [0.15, 0.2) is 0 Å². The van der Waals surface area contributed by atoms with Crippen LogP contribution < -0.4 is 0 Å². The fraction of sp³-hybridized carbons (Fsp3) is 1.00. The van der Waals surface area contributed by atoms with Crippen molar-refractivity contribution in [1.29, 1.82) is 0 Å². The van der Waals surface area contributed by atoms with Crippen LogP contribution >= 0.6 is 0 Å². The van der Waals surface area contributed by atoms with Gasteiger partial charge < -0.3 is 26.7 Å². The standard InChI is InChI=1S/C23H60O6Si6/c1-30(2,3)26-34(11,12)28-32(7,8)19-15-17-23(21-24,22-25)18-16-20-33(9,10)29-35(13,14)27-31(4,5)6/h24-25H,15-22H2,1-14H3. The zero-order chi connectivity index (χ0) is 28.0. The molecule has 212 valence electrons. The van der Waals surface area contributed by atoms with Crippen molar-refractivity contribution in [3.05, 3.63) is 0 Å². The van der Waals surface area contributed by atoms with E-state index in [0.29, 0.717) is 0 Å². The molecule has 0 aliphatic rings. The molecule has 0 aromatic rings. The van der Waals surface area contributed by atoms with Gasteiger partial charge in [0.1, 0.15) is 0 Å². The van der Waals surface area contributed by atoms with E-state index in [0.717, 1.165) is 37.8 Å². The molecule has 0 spiro atoms. The lowest BCUT2D eigenvalue weighted by molar-refractivity contribution is 0.0381. The highest BCUT2D eigenvalue weighted by atomic mass is 28.5. The number of rotatable bonds is 18. The summed E-state index contributed by atoms with van der Waals surface area (Å²) >= 11 is 0. The van der Waals surface area contributed by atoms with Gasteiger partial charge in [-0.05, 0) is 117 Å². The molecule has 0 aromatic heterocycles. The molecule has 0 radical (unpaired) electrons. The van der Waals surface area contributed by atoms with Gasteiger partial charge in [0.15, 0.2) is 33.3 Å². The van der Waals surface area contributed by atoms with E-state index in [1.807, 2.05) is 0 Å². The fourth-order valence-corrected chi connectivity index (χ4v) is 31.6. The molecule has 0 aliphatic heterocycles. The molecular weight excluding hydrogens is 541 g/mol. The molecule has 35 heavy (non-hydrogen) atoms. The number of aliphatic hydroxyl groups is 2. The quantitative estimate of drug-likeness (QED) is 0.164. The molecule has 12 heteroatoms. The van der Waals surface area contributed by atoms with E-state index in [1.54, 1.807) is 0 Å². The van der Waals surface area contributed by atoms with Gasteiger partial charge in [0.05, 0.1) is 13.2 Å². The van der Waals surface area contributed by atoms with Gasteiger partial charge in [-0.1, -0.05) is 12.8 Å². The van der Waals surface area contributed by atoms with E-state index in [9.17, 15) is 10.2 Å². The second kappa shape index (κ2) is 13.4.